The number of hydrogen-bond donors (Lipinski definition) is 0. The molecule has 3 heteroatoms. The highest BCUT2D eigenvalue weighted by atomic mass is 14.8. The summed E-state index contributed by atoms with van der Waals surface area (Å²) >= 11 is 0. The van der Waals surface area contributed by atoms with Gasteiger partial charge in [0.2, 0.25) is 0 Å². The average molecular weight is 234 g/mol. The maximum absolute atomic E-state index is 7.94. The number of pyridine rings is 3. The Kier molecular flexibility index (Phi) is 2.50. The highest BCUT2D eigenvalue weighted by Gasteiger charge is 2.09. The van der Waals surface area contributed by atoms with E-state index >= 15 is 0 Å². The van der Waals surface area contributed by atoms with Gasteiger partial charge in [-0.2, -0.15) is 0 Å². The van der Waals surface area contributed by atoms with E-state index in [4.69, 9.17) is 1.37 Å². The van der Waals surface area contributed by atoms with Crippen molar-refractivity contribution in [1.29, 1.82) is 0 Å². The lowest BCUT2D eigenvalue weighted by atomic mass is 10.1. The van der Waals surface area contributed by atoms with Gasteiger partial charge in [-0.25, -0.2) is 0 Å². The maximum Gasteiger partial charge on any atom is 0.0980 e. The third kappa shape index (κ3) is 1.98. The van der Waals surface area contributed by atoms with Crippen molar-refractivity contribution in [3.05, 3.63) is 67.1 Å². The minimum atomic E-state index is 0.360. The van der Waals surface area contributed by atoms with Gasteiger partial charge in [-0.05, 0) is 36.4 Å². The predicted octanol–water partition coefficient (Wildman–Crippen LogP) is 3.21. The first kappa shape index (κ1) is 9.48. The zero-order valence-corrected chi connectivity index (χ0v) is 9.62. The van der Waals surface area contributed by atoms with E-state index in [0.29, 0.717) is 17.4 Å². The van der Waals surface area contributed by atoms with Gasteiger partial charge in [0.1, 0.15) is 0 Å². The standard InChI is InChI=1S/C15H11N3/c1-3-9-16-13(7-1)12-6-5-11-18-15(12)14-8-2-4-10-17-14/h1-11H/i8D. The fourth-order valence-corrected chi connectivity index (χ4v) is 1.78. The van der Waals surface area contributed by atoms with Crippen LogP contribution >= 0.6 is 0 Å². The molecule has 3 aromatic heterocycles. The second kappa shape index (κ2) is 4.75. The Balaban J connectivity index is 2.21. The third-order valence-corrected chi connectivity index (χ3v) is 2.58. The van der Waals surface area contributed by atoms with Gasteiger partial charge in [-0.15, -0.1) is 0 Å². The van der Waals surface area contributed by atoms with E-state index in [-0.39, 0.29) is 0 Å². The van der Waals surface area contributed by atoms with Gasteiger partial charge >= 0.3 is 0 Å². The SMILES string of the molecule is [2H]c1cccnc1-c1ncccc1-c1ccccn1. The molecule has 0 spiro atoms. The molecule has 0 saturated carbocycles. The Morgan fingerprint density at radius 2 is 1.50 bits per heavy atom. The third-order valence-electron chi connectivity index (χ3n) is 2.58. The molecular formula is C15H11N3. The summed E-state index contributed by atoms with van der Waals surface area (Å²) in [5, 5.41) is 0. The van der Waals surface area contributed by atoms with Gasteiger partial charge in [0, 0.05) is 24.2 Å². The first-order chi connectivity index (χ1) is 9.36. The highest BCUT2D eigenvalue weighted by Crippen LogP contribution is 2.26. The van der Waals surface area contributed by atoms with Crippen molar-refractivity contribution < 1.29 is 1.37 Å². The van der Waals surface area contributed by atoms with Crippen molar-refractivity contribution in [2.24, 2.45) is 0 Å². The van der Waals surface area contributed by atoms with Crippen LogP contribution in [0.15, 0.2) is 67.1 Å². The Hall–Kier alpha value is -2.55. The Labute approximate surface area is 107 Å². The molecule has 0 unspecified atom stereocenters. The molecule has 0 amide bonds. The van der Waals surface area contributed by atoms with Crippen LogP contribution in [0.2, 0.25) is 0 Å². The van der Waals surface area contributed by atoms with Crippen LogP contribution in [0, 0.1) is 0 Å². The molecule has 0 aliphatic carbocycles. The van der Waals surface area contributed by atoms with Crippen LogP contribution in [0.5, 0.6) is 0 Å². The van der Waals surface area contributed by atoms with Gasteiger partial charge in [-0.1, -0.05) is 12.1 Å². The number of nitrogens with zero attached hydrogens (tertiary/aromatic N) is 3. The van der Waals surface area contributed by atoms with Crippen molar-refractivity contribution in [2.45, 2.75) is 0 Å². The molecule has 3 nitrogen and oxygen atoms in total. The van der Waals surface area contributed by atoms with E-state index in [9.17, 15) is 0 Å². The summed E-state index contributed by atoms with van der Waals surface area (Å²) in [6, 6.07) is 13.3. The Morgan fingerprint density at radius 3 is 2.28 bits per heavy atom. The zero-order valence-electron chi connectivity index (χ0n) is 10.6. The largest absolute Gasteiger partial charge is 0.256 e. The number of aromatic nitrogens is 3. The fraction of sp³-hybridized carbons (Fsp3) is 0. The molecule has 0 atom stereocenters. The molecule has 86 valence electrons. The summed E-state index contributed by atoms with van der Waals surface area (Å²) in [6.45, 7) is 0. The van der Waals surface area contributed by atoms with Gasteiger partial charge < -0.3 is 0 Å². The van der Waals surface area contributed by atoms with E-state index in [2.05, 4.69) is 15.0 Å². The van der Waals surface area contributed by atoms with Crippen LogP contribution in [0.4, 0.5) is 0 Å². The fourth-order valence-electron chi connectivity index (χ4n) is 1.78. The summed E-state index contributed by atoms with van der Waals surface area (Å²) in [4.78, 5) is 13.0. The molecule has 3 heterocycles. The molecule has 0 saturated heterocycles. The summed E-state index contributed by atoms with van der Waals surface area (Å²) < 4.78 is 7.94. The molecule has 0 aromatic carbocycles. The highest BCUT2D eigenvalue weighted by molar-refractivity contribution is 5.76. The van der Waals surface area contributed by atoms with Crippen LogP contribution in [0.1, 0.15) is 1.37 Å². The second-order valence-electron chi connectivity index (χ2n) is 3.74. The quantitative estimate of drug-likeness (QED) is 0.683. The molecule has 3 rings (SSSR count). The van der Waals surface area contributed by atoms with Gasteiger partial charge in [-0.3, -0.25) is 15.0 Å². The topological polar surface area (TPSA) is 38.7 Å². The number of rotatable bonds is 2. The van der Waals surface area contributed by atoms with Crippen LogP contribution < -0.4 is 0 Å². The van der Waals surface area contributed by atoms with Crippen molar-refractivity contribution in [1.82, 2.24) is 15.0 Å². The normalized spacial score (nSPS) is 11.0. The molecule has 0 fully saturated rings. The molecule has 0 aliphatic rings. The van der Waals surface area contributed by atoms with Gasteiger partial charge in [0.25, 0.3) is 0 Å². The smallest absolute Gasteiger partial charge is 0.0980 e. The molecule has 3 aromatic rings. The molecule has 0 N–H and O–H groups in total. The molecular weight excluding hydrogens is 222 g/mol. The second-order valence-corrected chi connectivity index (χ2v) is 3.74. The van der Waals surface area contributed by atoms with E-state index in [0.717, 1.165) is 11.3 Å². The van der Waals surface area contributed by atoms with Crippen molar-refractivity contribution in [3.8, 4) is 22.6 Å². The number of hydrogen-bond acceptors (Lipinski definition) is 3. The Morgan fingerprint density at radius 1 is 0.722 bits per heavy atom. The average Bonchev–Trinajstić information content (AvgIpc) is 2.49. The monoisotopic (exact) mass is 234 g/mol. The predicted molar refractivity (Wildman–Crippen MR) is 70.7 cm³/mol. The zero-order chi connectivity index (χ0) is 13.1. The van der Waals surface area contributed by atoms with Crippen LogP contribution in [-0.2, 0) is 0 Å². The van der Waals surface area contributed by atoms with Crippen molar-refractivity contribution >= 4 is 0 Å². The molecule has 0 radical (unpaired) electrons. The summed E-state index contributed by atoms with van der Waals surface area (Å²) in [5.41, 5.74) is 2.97. The molecule has 0 bridgehead atoms. The minimum Gasteiger partial charge on any atom is -0.256 e. The first-order valence-electron chi connectivity index (χ1n) is 6.14. The lowest BCUT2D eigenvalue weighted by Gasteiger charge is -2.06. The summed E-state index contributed by atoms with van der Waals surface area (Å²) in [5.74, 6) is 0. The minimum absolute atomic E-state index is 0.360. The summed E-state index contributed by atoms with van der Waals surface area (Å²) in [7, 11) is 0. The molecule has 18 heavy (non-hydrogen) atoms. The Bertz CT molecular complexity index is 699. The van der Waals surface area contributed by atoms with E-state index in [1.165, 1.54) is 0 Å². The van der Waals surface area contributed by atoms with E-state index < -0.39 is 0 Å². The van der Waals surface area contributed by atoms with E-state index in [1.807, 2.05) is 30.3 Å². The van der Waals surface area contributed by atoms with Crippen LogP contribution in [-0.4, -0.2) is 15.0 Å². The lowest BCUT2D eigenvalue weighted by Crippen LogP contribution is -1.92. The van der Waals surface area contributed by atoms with Crippen LogP contribution in [0.25, 0.3) is 22.6 Å². The summed E-state index contributed by atoms with van der Waals surface area (Å²) in [6.07, 6.45) is 5.12. The van der Waals surface area contributed by atoms with Crippen molar-refractivity contribution in [2.75, 3.05) is 0 Å². The first-order valence-corrected chi connectivity index (χ1v) is 5.64. The lowest BCUT2D eigenvalue weighted by molar-refractivity contribution is 1.23. The van der Waals surface area contributed by atoms with Gasteiger partial charge in [0.05, 0.1) is 18.5 Å². The maximum atomic E-state index is 7.94. The van der Waals surface area contributed by atoms with Crippen molar-refractivity contribution in [3.63, 3.8) is 0 Å². The van der Waals surface area contributed by atoms with Crippen LogP contribution in [0.3, 0.4) is 0 Å². The molecule has 0 aliphatic heterocycles. The van der Waals surface area contributed by atoms with Gasteiger partial charge in [0.15, 0.2) is 0 Å². The van der Waals surface area contributed by atoms with E-state index in [1.54, 1.807) is 30.7 Å².